The normalized spacial score (nSPS) is 27.6. The Hall–Kier alpha value is -1.37. The SMILES string of the molecule is CC(C)(C)[S+]([O-])/N=C1\c2ccccc2CC12CCC(c1cnc(SCC3CC3)cn1)CC2. The summed E-state index contributed by atoms with van der Waals surface area (Å²) in [7, 11) is 0. The van der Waals surface area contributed by atoms with Crippen LogP contribution in [-0.4, -0.2) is 30.7 Å². The van der Waals surface area contributed by atoms with Crippen molar-refractivity contribution in [3.05, 3.63) is 53.5 Å². The van der Waals surface area contributed by atoms with Gasteiger partial charge in [-0.1, -0.05) is 28.7 Å². The van der Waals surface area contributed by atoms with Crippen molar-refractivity contribution in [3.63, 3.8) is 0 Å². The fraction of sp³-hybridized carbons (Fsp3) is 0.577. The van der Waals surface area contributed by atoms with Crippen LogP contribution in [0.25, 0.3) is 0 Å². The summed E-state index contributed by atoms with van der Waals surface area (Å²) in [5, 5.41) is 1.05. The lowest BCUT2D eigenvalue weighted by Crippen LogP contribution is -2.36. The number of thioether (sulfide) groups is 1. The summed E-state index contributed by atoms with van der Waals surface area (Å²) in [5.41, 5.74) is 4.78. The third-order valence-electron chi connectivity index (χ3n) is 7.17. The lowest BCUT2D eigenvalue weighted by molar-refractivity contribution is 0.264. The molecule has 0 aliphatic heterocycles. The van der Waals surface area contributed by atoms with E-state index in [0.717, 1.165) is 54.5 Å². The molecule has 1 aromatic carbocycles. The molecule has 0 saturated heterocycles. The summed E-state index contributed by atoms with van der Waals surface area (Å²) in [4.78, 5) is 9.49. The molecule has 1 unspecified atom stereocenters. The highest BCUT2D eigenvalue weighted by Crippen LogP contribution is 2.51. The molecule has 32 heavy (non-hydrogen) atoms. The van der Waals surface area contributed by atoms with E-state index in [1.807, 2.05) is 44.9 Å². The number of aromatic nitrogens is 2. The smallest absolute Gasteiger partial charge is 0.144 e. The maximum absolute atomic E-state index is 13.0. The summed E-state index contributed by atoms with van der Waals surface area (Å²) in [6.45, 7) is 6.01. The Kier molecular flexibility index (Phi) is 6.14. The molecule has 3 aliphatic carbocycles. The second-order valence-corrected chi connectivity index (χ2v) is 13.7. The van der Waals surface area contributed by atoms with E-state index < -0.39 is 11.4 Å². The molecule has 5 rings (SSSR count). The molecule has 1 spiro atoms. The Labute approximate surface area is 199 Å². The molecule has 3 aliphatic rings. The van der Waals surface area contributed by atoms with Crippen LogP contribution in [0.3, 0.4) is 0 Å². The quantitative estimate of drug-likeness (QED) is 0.392. The highest BCUT2D eigenvalue weighted by molar-refractivity contribution is 7.99. The summed E-state index contributed by atoms with van der Waals surface area (Å²) >= 11 is 0.597. The van der Waals surface area contributed by atoms with Crippen LogP contribution in [0.1, 0.15) is 82.0 Å². The van der Waals surface area contributed by atoms with Gasteiger partial charge in [-0.2, -0.15) is 0 Å². The van der Waals surface area contributed by atoms with Gasteiger partial charge in [-0.25, -0.2) is 4.98 Å². The number of hydrogen-bond acceptors (Lipinski definition) is 5. The topological polar surface area (TPSA) is 61.2 Å². The van der Waals surface area contributed by atoms with Crippen LogP contribution in [-0.2, 0) is 17.8 Å². The van der Waals surface area contributed by atoms with E-state index in [-0.39, 0.29) is 10.2 Å². The molecule has 4 nitrogen and oxygen atoms in total. The van der Waals surface area contributed by atoms with Crippen LogP contribution in [0, 0.1) is 11.3 Å². The van der Waals surface area contributed by atoms with Crippen molar-refractivity contribution in [2.45, 2.75) is 81.4 Å². The van der Waals surface area contributed by atoms with E-state index in [1.54, 1.807) is 0 Å². The van der Waals surface area contributed by atoms with Gasteiger partial charge in [0.15, 0.2) is 0 Å². The number of hydrogen-bond donors (Lipinski definition) is 0. The summed E-state index contributed by atoms with van der Waals surface area (Å²) in [5.74, 6) is 2.53. The minimum atomic E-state index is -1.25. The highest BCUT2D eigenvalue weighted by atomic mass is 32.2. The predicted octanol–water partition coefficient (Wildman–Crippen LogP) is 6.13. The minimum Gasteiger partial charge on any atom is -0.591 e. The second kappa shape index (κ2) is 8.77. The summed E-state index contributed by atoms with van der Waals surface area (Å²) in [6.07, 6.45) is 12.0. The molecule has 2 aromatic rings. The van der Waals surface area contributed by atoms with Gasteiger partial charge >= 0.3 is 0 Å². The van der Waals surface area contributed by atoms with Crippen molar-refractivity contribution in [3.8, 4) is 0 Å². The van der Waals surface area contributed by atoms with Crippen LogP contribution < -0.4 is 0 Å². The van der Waals surface area contributed by atoms with Crippen molar-refractivity contribution in [2.75, 3.05) is 5.75 Å². The van der Waals surface area contributed by atoms with E-state index in [4.69, 9.17) is 14.4 Å². The molecule has 1 atom stereocenters. The van der Waals surface area contributed by atoms with Gasteiger partial charge in [-0.15, -0.1) is 11.8 Å². The Morgan fingerprint density at radius 2 is 1.84 bits per heavy atom. The van der Waals surface area contributed by atoms with Gasteiger partial charge in [0.2, 0.25) is 0 Å². The molecule has 1 heterocycles. The van der Waals surface area contributed by atoms with Crippen LogP contribution in [0.5, 0.6) is 0 Å². The fourth-order valence-corrected chi connectivity index (χ4v) is 6.71. The van der Waals surface area contributed by atoms with E-state index in [2.05, 4.69) is 24.3 Å². The van der Waals surface area contributed by atoms with Crippen LogP contribution in [0.15, 0.2) is 46.1 Å². The Balaban J connectivity index is 1.32. The maximum Gasteiger partial charge on any atom is 0.144 e. The van der Waals surface area contributed by atoms with Crippen LogP contribution in [0.4, 0.5) is 0 Å². The van der Waals surface area contributed by atoms with Gasteiger partial charge in [0.1, 0.15) is 26.8 Å². The first-order valence-corrected chi connectivity index (χ1v) is 14.0. The standard InChI is InChI=1S/C26H33N3OS2/c1-25(2,3)32(30)29-24-21-7-5-4-6-20(21)14-26(24)12-10-19(11-13-26)22-15-28-23(16-27-22)31-17-18-8-9-18/h4-7,15-16,18-19H,8-14,17H2,1-3H3/b29-24+. The number of nitrogens with zero attached hydrogens (tertiary/aromatic N) is 3. The zero-order chi connectivity index (χ0) is 22.3. The van der Waals surface area contributed by atoms with Gasteiger partial charge in [0.05, 0.1) is 11.9 Å². The summed E-state index contributed by atoms with van der Waals surface area (Å²) in [6, 6.07) is 8.57. The highest BCUT2D eigenvalue weighted by Gasteiger charge is 2.47. The van der Waals surface area contributed by atoms with E-state index in [9.17, 15) is 4.55 Å². The molecule has 0 radical (unpaired) electrons. The van der Waals surface area contributed by atoms with Crippen molar-refractivity contribution >= 4 is 28.8 Å². The average molecular weight is 468 g/mol. The van der Waals surface area contributed by atoms with Crippen molar-refractivity contribution in [1.82, 2.24) is 9.97 Å². The first-order valence-electron chi connectivity index (χ1n) is 11.9. The molecule has 1 aromatic heterocycles. The third-order valence-corrected chi connectivity index (χ3v) is 9.72. The van der Waals surface area contributed by atoms with E-state index in [1.165, 1.54) is 29.7 Å². The van der Waals surface area contributed by atoms with E-state index in [0.29, 0.717) is 5.92 Å². The predicted molar refractivity (Wildman–Crippen MR) is 134 cm³/mol. The molecular weight excluding hydrogens is 434 g/mol. The maximum atomic E-state index is 13.0. The number of benzene rings is 1. The first-order chi connectivity index (χ1) is 15.3. The molecular formula is C26H33N3OS2. The van der Waals surface area contributed by atoms with Crippen molar-refractivity contribution < 1.29 is 4.55 Å². The van der Waals surface area contributed by atoms with Crippen molar-refractivity contribution in [1.29, 1.82) is 0 Å². The zero-order valence-corrected chi connectivity index (χ0v) is 21.0. The minimum absolute atomic E-state index is 0.00851. The van der Waals surface area contributed by atoms with Crippen LogP contribution >= 0.6 is 11.8 Å². The molecule has 2 saturated carbocycles. The Bertz CT molecular complexity index is 987. The Morgan fingerprint density at radius 1 is 1.09 bits per heavy atom. The second-order valence-electron chi connectivity index (χ2n) is 10.7. The number of rotatable bonds is 5. The molecule has 170 valence electrons. The zero-order valence-electron chi connectivity index (χ0n) is 19.3. The largest absolute Gasteiger partial charge is 0.591 e. The molecule has 0 amide bonds. The van der Waals surface area contributed by atoms with Gasteiger partial charge in [0, 0.05) is 28.8 Å². The monoisotopic (exact) mass is 467 g/mol. The first kappa shape index (κ1) is 22.4. The Morgan fingerprint density at radius 3 is 2.50 bits per heavy atom. The molecule has 0 bridgehead atoms. The average Bonchev–Trinajstić information content (AvgIpc) is 3.57. The van der Waals surface area contributed by atoms with Crippen LogP contribution in [0.2, 0.25) is 0 Å². The molecule has 2 fully saturated rings. The third kappa shape index (κ3) is 4.64. The van der Waals surface area contributed by atoms with Gasteiger partial charge in [-0.3, -0.25) is 4.98 Å². The van der Waals surface area contributed by atoms with Gasteiger partial charge < -0.3 is 4.55 Å². The molecule has 0 N–H and O–H groups in total. The van der Waals surface area contributed by atoms with Crippen molar-refractivity contribution in [2.24, 2.45) is 15.7 Å². The lowest BCUT2D eigenvalue weighted by atomic mass is 9.67. The molecule has 6 heteroatoms. The van der Waals surface area contributed by atoms with Gasteiger partial charge in [-0.05, 0) is 77.2 Å². The summed E-state index contributed by atoms with van der Waals surface area (Å²) < 4.78 is 17.5. The number of fused-ring (bicyclic) bond motifs is 1. The van der Waals surface area contributed by atoms with E-state index >= 15 is 0 Å². The lowest BCUT2D eigenvalue weighted by Gasteiger charge is -2.37. The van der Waals surface area contributed by atoms with Gasteiger partial charge in [0.25, 0.3) is 0 Å². The fourth-order valence-electron chi connectivity index (χ4n) is 4.98.